The molecule has 258 valence electrons. The first-order valence-electron chi connectivity index (χ1n) is 18.8. The Balaban J connectivity index is 0.952. The van der Waals surface area contributed by atoms with Crippen molar-refractivity contribution in [3.05, 3.63) is 229 Å². The molecule has 0 aliphatic carbocycles. The second kappa shape index (κ2) is 12.5. The van der Waals surface area contributed by atoms with Gasteiger partial charge in [0, 0.05) is 21.9 Å². The van der Waals surface area contributed by atoms with Crippen LogP contribution in [0.2, 0.25) is 0 Å². The van der Waals surface area contributed by atoms with Gasteiger partial charge < -0.3 is 9.15 Å². The first-order valence-corrected chi connectivity index (χ1v) is 18.8. The Kier molecular flexibility index (Phi) is 7.11. The molecule has 10 aromatic rings. The average molecular weight is 703 g/mol. The Hall–Kier alpha value is -7.16. The van der Waals surface area contributed by atoms with Gasteiger partial charge in [-0.2, -0.15) is 0 Å². The van der Waals surface area contributed by atoms with Crippen LogP contribution >= 0.6 is 0 Å². The van der Waals surface area contributed by atoms with Gasteiger partial charge in [0.2, 0.25) is 0 Å². The second-order valence-electron chi connectivity index (χ2n) is 14.4. The zero-order valence-electron chi connectivity index (χ0n) is 29.9. The molecule has 0 atom stereocenters. The smallest absolute Gasteiger partial charge is 0.136 e. The summed E-state index contributed by atoms with van der Waals surface area (Å²) in [6, 6.07) is 73.7. The van der Waals surface area contributed by atoms with Crippen LogP contribution in [0, 0.1) is 0 Å². The van der Waals surface area contributed by atoms with Gasteiger partial charge in [-0.1, -0.05) is 182 Å². The quantitative estimate of drug-likeness (QED) is 0.178. The van der Waals surface area contributed by atoms with E-state index in [1.165, 1.54) is 49.5 Å². The molecular formula is C53H34O2. The Bertz CT molecular complexity index is 2990. The van der Waals surface area contributed by atoms with E-state index in [1.807, 2.05) is 0 Å². The fraction of sp³-hybridized carbons (Fsp3) is 0.0189. The number of para-hydroxylation sites is 1. The zero-order valence-corrected chi connectivity index (χ0v) is 29.9. The molecule has 1 aromatic heterocycles. The predicted octanol–water partition coefficient (Wildman–Crippen LogP) is 14.2. The van der Waals surface area contributed by atoms with E-state index in [9.17, 15) is 0 Å². The molecule has 2 heteroatoms. The second-order valence-corrected chi connectivity index (χ2v) is 14.4. The van der Waals surface area contributed by atoms with Gasteiger partial charge >= 0.3 is 0 Å². The predicted molar refractivity (Wildman–Crippen MR) is 226 cm³/mol. The molecule has 11 rings (SSSR count). The number of rotatable bonds is 5. The molecule has 2 heterocycles. The van der Waals surface area contributed by atoms with Crippen LogP contribution in [0.3, 0.4) is 0 Å². The van der Waals surface area contributed by atoms with Crippen molar-refractivity contribution in [2.75, 3.05) is 0 Å². The van der Waals surface area contributed by atoms with E-state index in [4.69, 9.17) is 9.15 Å². The molecular weight excluding hydrogens is 669 g/mol. The van der Waals surface area contributed by atoms with Gasteiger partial charge in [0.15, 0.2) is 0 Å². The van der Waals surface area contributed by atoms with E-state index in [0.717, 1.165) is 50.3 Å². The number of benzene rings is 9. The molecule has 0 amide bonds. The summed E-state index contributed by atoms with van der Waals surface area (Å²) in [4.78, 5) is 0. The van der Waals surface area contributed by atoms with Crippen LogP contribution in [-0.2, 0) is 5.41 Å². The van der Waals surface area contributed by atoms with Gasteiger partial charge in [-0.15, -0.1) is 0 Å². The van der Waals surface area contributed by atoms with Crippen molar-refractivity contribution in [2.24, 2.45) is 0 Å². The molecule has 0 radical (unpaired) electrons. The van der Waals surface area contributed by atoms with Crippen LogP contribution in [0.4, 0.5) is 0 Å². The molecule has 0 saturated carbocycles. The highest BCUT2D eigenvalue weighted by Crippen LogP contribution is 2.55. The van der Waals surface area contributed by atoms with Crippen molar-refractivity contribution >= 4 is 32.7 Å². The van der Waals surface area contributed by atoms with Crippen molar-refractivity contribution in [2.45, 2.75) is 5.41 Å². The molecule has 0 fully saturated rings. The number of hydrogen-bond donors (Lipinski definition) is 0. The molecule has 0 spiro atoms. The van der Waals surface area contributed by atoms with Crippen molar-refractivity contribution < 1.29 is 9.15 Å². The van der Waals surface area contributed by atoms with E-state index in [0.29, 0.717) is 0 Å². The molecule has 55 heavy (non-hydrogen) atoms. The highest BCUT2D eigenvalue weighted by atomic mass is 16.5. The lowest BCUT2D eigenvalue weighted by atomic mass is 9.63. The minimum atomic E-state index is -0.523. The third-order valence-corrected chi connectivity index (χ3v) is 11.4. The van der Waals surface area contributed by atoms with Gasteiger partial charge in [-0.05, 0) is 79.5 Å². The molecule has 0 unspecified atom stereocenters. The third kappa shape index (κ3) is 4.89. The van der Waals surface area contributed by atoms with Gasteiger partial charge in [-0.3, -0.25) is 0 Å². The first-order chi connectivity index (χ1) is 27.3. The van der Waals surface area contributed by atoms with E-state index < -0.39 is 5.41 Å². The summed E-state index contributed by atoms with van der Waals surface area (Å²) < 4.78 is 13.1. The molecule has 0 N–H and O–H groups in total. The van der Waals surface area contributed by atoms with Gasteiger partial charge in [0.25, 0.3) is 0 Å². The Morgan fingerprint density at radius 3 is 1.64 bits per heavy atom. The number of fused-ring (bicyclic) bond motifs is 7. The van der Waals surface area contributed by atoms with Gasteiger partial charge in [0.1, 0.15) is 22.7 Å². The monoisotopic (exact) mass is 702 g/mol. The minimum Gasteiger partial charge on any atom is -0.457 e. The van der Waals surface area contributed by atoms with E-state index in [1.54, 1.807) is 0 Å². The fourth-order valence-corrected chi connectivity index (χ4v) is 8.92. The molecule has 1 aliphatic heterocycles. The lowest BCUT2D eigenvalue weighted by Crippen LogP contribution is -2.34. The maximum atomic E-state index is 6.74. The van der Waals surface area contributed by atoms with Crippen molar-refractivity contribution in [1.82, 2.24) is 0 Å². The highest BCUT2D eigenvalue weighted by molar-refractivity contribution is 6.22. The molecule has 2 nitrogen and oxygen atoms in total. The summed E-state index contributed by atoms with van der Waals surface area (Å²) in [5.41, 5.74) is 12.9. The molecule has 9 aromatic carbocycles. The van der Waals surface area contributed by atoms with Crippen molar-refractivity contribution in [3.8, 4) is 44.9 Å². The Morgan fingerprint density at radius 1 is 0.345 bits per heavy atom. The summed E-state index contributed by atoms with van der Waals surface area (Å²) in [5, 5.41) is 4.76. The third-order valence-electron chi connectivity index (χ3n) is 11.4. The molecule has 1 aliphatic rings. The standard InChI is InChI=1S/C53H34O2/c1-3-13-41(14-4-1)53(42-15-5-2-6-16-42)45-19-9-10-20-47(45)54-50-34-40(30-32-46(50)53)37-24-22-35(23-25-37)36-26-28-39(29-27-36)44-18-11-21-48-51(44)52-43-17-8-7-12-38(43)31-33-49(52)55-48/h1-34H. The summed E-state index contributed by atoms with van der Waals surface area (Å²) in [6.45, 7) is 0. The van der Waals surface area contributed by atoms with Crippen LogP contribution < -0.4 is 4.74 Å². The fourth-order valence-electron chi connectivity index (χ4n) is 8.92. The lowest BCUT2D eigenvalue weighted by molar-refractivity contribution is 0.435. The highest BCUT2D eigenvalue weighted by Gasteiger charge is 2.45. The maximum absolute atomic E-state index is 6.74. The normalized spacial score (nSPS) is 13.0. The molecule has 0 saturated heterocycles. The van der Waals surface area contributed by atoms with Gasteiger partial charge in [-0.25, -0.2) is 0 Å². The minimum absolute atomic E-state index is 0.523. The zero-order chi connectivity index (χ0) is 36.3. The SMILES string of the molecule is c1ccc(C2(c3ccccc3)c3ccccc3Oc3cc(-c4ccc(-c5ccc(-c6cccc7oc8ccc9ccccc9c8c67)cc5)cc4)ccc32)cc1. The first kappa shape index (κ1) is 31.4. The van der Waals surface area contributed by atoms with Crippen molar-refractivity contribution in [3.63, 3.8) is 0 Å². The average Bonchev–Trinajstić information content (AvgIpc) is 3.66. The van der Waals surface area contributed by atoms with Crippen molar-refractivity contribution in [1.29, 1.82) is 0 Å². The van der Waals surface area contributed by atoms with E-state index >= 15 is 0 Å². The van der Waals surface area contributed by atoms with E-state index in [2.05, 4.69) is 206 Å². The van der Waals surface area contributed by atoms with Crippen LogP contribution in [0.1, 0.15) is 22.3 Å². The largest absolute Gasteiger partial charge is 0.457 e. The lowest BCUT2D eigenvalue weighted by Gasteiger charge is -2.41. The van der Waals surface area contributed by atoms with Gasteiger partial charge in [0.05, 0.1) is 5.41 Å². The summed E-state index contributed by atoms with van der Waals surface area (Å²) in [7, 11) is 0. The summed E-state index contributed by atoms with van der Waals surface area (Å²) >= 11 is 0. The molecule has 0 bridgehead atoms. The summed E-state index contributed by atoms with van der Waals surface area (Å²) in [6.07, 6.45) is 0. The number of hydrogen-bond acceptors (Lipinski definition) is 2. The Morgan fingerprint density at radius 2 is 0.909 bits per heavy atom. The topological polar surface area (TPSA) is 22.4 Å². The van der Waals surface area contributed by atoms with Crippen LogP contribution in [0.25, 0.3) is 66.1 Å². The summed E-state index contributed by atoms with van der Waals surface area (Å²) in [5.74, 6) is 1.75. The van der Waals surface area contributed by atoms with E-state index in [-0.39, 0.29) is 0 Å². The maximum Gasteiger partial charge on any atom is 0.136 e. The number of ether oxygens (including phenoxy) is 1. The Labute approximate surface area is 319 Å². The van der Waals surface area contributed by atoms with Crippen LogP contribution in [-0.4, -0.2) is 0 Å². The van der Waals surface area contributed by atoms with Crippen LogP contribution in [0.5, 0.6) is 11.5 Å². The van der Waals surface area contributed by atoms with Crippen LogP contribution in [0.15, 0.2) is 211 Å². The number of furan rings is 1.